The molecular weight excluding hydrogens is 207 g/mol. The standard InChI is InChI=1S/C12H11FN2O/c1-8-14-12(11(7-16)15(8)2)9-3-5-10(13)6-4-9/h3-7H,1-2H3. The third-order valence-electron chi connectivity index (χ3n) is 2.59. The molecule has 0 aliphatic heterocycles. The Morgan fingerprint density at radius 1 is 1.31 bits per heavy atom. The number of aromatic nitrogens is 2. The molecule has 0 radical (unpaired) electrons. The maximum atomic E-state index is 12.8. The van der Waals surface area contributed by atoms with Gasteiger partial charge in [0.05, 0.1) is 5.69 Å². The zero-order valence-electron chi connectivity index (χ0n) is 9.07. The lowest BCUT2D eigenvalue weighted by atomic mass is 10.1. The van der Waals surface area contributed by atoms with Crippen molar-refractivity contribution in [2.24, 2.45) is 7.05 Å². The molecule has 0 atom stereocenters. The van der Waals surface area contributed by atoms with Crippen molar-refractivity contribution in [2.45, 2.75) is 6.92 Å². The van der Waals surface area contributed by atoms with Crippen molar-refractivity contribution in [3.05, 3.63) is 41.6 Å². The lowest BCUT2D eigenvalue weighted by Crippen LogP contribution is -1.97. The number of aldehydes is 1. The molecule has 3 nitrogen and oxygen atoms in total. The Kier molecular flexibility index (Phi) is 2.56. The summed E-state index contributed by atoms with van der Waals surface area (Å²) in [6, 6.07) is 5.94. The van der Waals surface area contributed by atoms with E-state index in [1.165, 1.54) is 12.1 Å². The summed E-state index contributed by atoms with van der Waals surface area (Å²) in [5.41, 5.74) is 1.84. The van der Waals surface area contributed by atoms with E-state index in [2.05, 4.69) is 4.98 Å². The van der Waals surface area contributed by atoms with Crippen LogP contribution < -0.4 is 0 Å². The van der Waals surface area contributed by atoms with Crippen molar-refractivity contribution in [1.29, 1.82) is 0 Å². The molecular formula is C12H11FN2O. The van der Waals surface area contributed by atoms with Crippen molar-refractivity contribution < 1.29 is 9.18 Å². The number of benzene rings is 1. The fraction of sp³-hybridized carbons (Fsp3) is 0.167. The summed E-state index contributed by atoms with van der Waals surface area (Å²) in [6.07, 6.45) is 0.763. The molecule has 0 fully saturated rings. The van der Waals surface area contributed by atoms with Gasteiger partial charge in [0, 0.05) is 12.6 Å². The highest BCUT2D eigenvalue weighted by molar-refractivity contribution is 5.84. The van der Waals surface area contributed by atoms with E-state index < -0.39 is 0 Å². The largest absolute Gasteiger partial charge is 0.329 e. The maximum absolute atomic E-state index is 12.8. The van der Waals surface area contributed by atoms with E-state index in [1.54, 1.807) is 23.7 Å². The summed E-state index contributed by atoms with van der Waals surface area (Å²) < 4.78 is 14.5. The van der Waals surface area contributed by atoms with Crippen LogP contribution in [0.15, 0.2) is 24.3 Å². The highest BCUT2D eigenvalue weighted by Crippen LogP contribution is 2.22. The molecule has 1 aromatic heterocycles. The first kappa shape index (κ1) is 10.5. The molecule has 2 rings (SSSR count). The maximum Gasteiger partial charge on any atom is 0.168 e. The van der Waals surface area contributed by atoms with Gasteiger partial charge < -0.3 is 4.57 Å². The number of hydrogen-bond acceptors (Lipinski definition) is 2. The summed E-state index contributed by atoms with van der Waals surface area (Å²) in [5, 5.41) is 0. The highest BCUT2D eigenvalue weighted by atomic mass is 19.1. The second kappa shape index (κ2) is 3.89. The number of carbonyl (C=O) groups is 1. The van der Waals surface area contributed by atoms with Crippen molar-refractivity contribution in [1.82, 2.24) is 9.55 Å². The SMILES string of the molecule is Cc1nc(-c2ccc(F)cc2)c(C=O)n1C. The molecule has 0 saturated heterocycles. The van der Waals surface area contributed by atoms with Crippen LogP contribution in [0.1, 0.15) is 16.3 Å². The van der Waals surface area contributed by atoms with E-state index in [0.717, 1.165) is 17.7 Å². The van der Waals surface area contributed by atoms with E-state index in [1.807, 2.05) is 6.92 Å². The van der Waals surface area contributed by atoms with Gasteiger partial charge in [-0.25, -0.2) is 9.37 Å². The van der Waals surface area contributed by atoms with Gasteiger partial charge in [-0.2, -0.15) is 0 Å². The van der Waals surface area contributed by atoms with Crippen molar-refractivity contribution in [3.63, 3.8) is 0 Å². The molecule has 82 valence electrons. The molecule has 0 aliphatic carbocycles. The molecule has 1 heterocycles. The molecule has 0 bridgehead atoms. The fourth-order valence-corrected chi connectivity index (χ4v) is 1.58. The van der Waals surface area contributed by atoms with Crippen LogP contribution in [0.3, 0.4) is 0 Å². The molecule has 0 N–H and O–H groups in total. The monoisotopic (exact) mass is 218 g/mol. The molecule has 0 amide bonds. The average Bonchev–Trinajstić information content (AvgIpc) is 2.56. The topological polar surface area (TPSA) is 34.9 Å². The summed E-state index contributed by atoms with van der Waals surface area (Å²) in [6.45, 7) is 1.82. The van der Waals surface area contributed by atoms with Crippen molar-refractivity contribution in [3.8, 4) is 11.3 Å². The van der Waals surface area contributed by atoms with Crippen LogP contribution in [0.5, 0.6) is 0 Å². The molecule has 16 heavy (non-hydrogen) atoms. The van der Waals surface area contributed by atoms with Crippen LogP contribution >= 0.6 is 0 Å². The Labute approximate surface area is 92.5 Å². The second-order valence-electron chi connectivity index (χ2n) is 3.58. The second-order valence-corrected chi connectivity index (χ2v) is 3.58. The highest BCUT2D eigenvalue weighted by Gasteiger charge is 2.12. The quantitative estimate of drug-likeness (QED) is 0.725. The zero-order valence-corrected chi connectivity index (χ0v) is 9.07. The molecule has 2 aromatic rings. The minimum absolute atomic E-state index is 0.302. The Morgan fingerprint density at radius 3 is 2.50 bits per heavy atom. The molecule has 0 aliphatic rings. The number of imidazole rings is 1. The zero-order chi connectivity index (χ0) is 11.7. The van der Waals surface area contributed by atoms with Gasteiger partial charge >= 0.3 is 0 Å². The Balaban J connectivity index is 2.59. The third-order valence-corrected chi connectivity index (χ3v) is 2.59. The van der Waals surface area contributed by atoms with Gasteiger partial charge in [-0.3, -0.25) is 4.79 Å². The first-order chi connectivity index (χ1) is 7.63. The summed E-state index contributed by atoms with van der Waals surface area (Å²) in [4.78, 5) is 15.3. The van der Waals surface area contributed by atoms with Crippen LogP contribution in [0.4, 0.5) is 4.39 Å². The average molecular weight is 218 g/mol. The molecule has 0 spiro atoms. The van der Waals surface area contributed by atoms with Gasteiger partial charge in [-0.05, 0) is 31.2 Å². The minimum atomic E-state index is -0.302. The number of halogens is 1. The van der Waals surface area contributed by atoms with Crippen LogP contribution in [0, 0.1) is 12.7 Å². The lowest BCUT2D eigenvalue weighted by molar-refractivity contribution is 0.111. The normalized spacial score (nSPS) is 10.4. The van der Waals surface area contributed by atoms with Gasteiger partial charge in [0.1, 0.15) is 17.3 Å². The third kappa shape index (κ3) is 1.62. The molecule has 4 heteroatoms. The van der Waals surface area contributed by atoms with Crippen LogP contribution in [0.25, 0.3) is 11.3 Å². The van der Waals surface area contributed by atoms with Gasteiger partial charge in [0.25, 0.3) is 0 Å². The van der Waals surface area contributed by atoms with Crippen molar-refractivity contribution in [2.75, 3.05) is 0 Å². The van der Waals surface area contributed by atoms with E-state index >= 15 is 0 Å². The summed E-state index contributed by atoms with van der Waals surface area (Å²) >= 11 is 0. The summed E-state index contributed by atoms with van der Waals surface area (Å²) in [7, 11) is 1.78. The summed E-state index contributed by atoms with van der Waals surface area (Å²) in [5.74, 6) is 0.450. The lowest BCUT2D eigenvalue weighted by Gasteiger charge is -1.99. The van der Waals surface area contributed by atoms with Gasteiger partial charge in [-0.1, -0.05) is 0 Å². The molecule has 1 aromatic carbocycles. The Hall–Kier alpha value is -1.97. The van der Waals surface area contributed by atoms with E-state index in [9.17, 15) is 9.18 Å². The van der Waals surface area contributed by atoms with Crippen LogP contribution in [-0.4, -0.2) is 15.8 Å². The van der Waals surface area contributed by atoms with Gasteiger partial charge in [0.15, 0.2) is 6.29 Å². The molecule has 0 saturated carbocycles. The number of nitrogens with zero attached hydrogens (tertiary/aromatic N) is 2. The first-order valence-electron chi connectivity index (χ1n) is 4.88. The predicted octanol–water partition coefficient (Wildman–Crippen LogP) is 2.35. The van der Waals surface area contributed by atoms with Crippen molar-refractivity contribution >= 4 is 6.29 Å². The van der Waals surface area contributed by atoms with Crippen LogP contribution in [-0.2, 0) is 7.05 Å². The van der Waals surface area contributed by atoms with E-state index in [4.69, 9.17) is 0 Å². The smallest absolute Gasteiger partial charge is 0.168 e. The number of rotatable bonds is 2. The minimum Gasteiger partial charge on any atom is -0.329 e. The number of hydrogen-bond donors (Lipinski definition) is 0. The number of aryl methyl sites for hydroxylation is 1. The van der Waals surface area contributed by atoms with Gasteiger partial charge in [-0.15, -0.1) is 0 Å². The fourth-order valence-electron chi connectivity index (χ4n) is 1.58. The van der Waals surface area contributed by atoms with E-state index in [0.29, 0.717) is 11.4 Å². The predicted molar refractivity (Wildman–Crippen MR) is 58.7 cm³/mol. The first-order valence-corrected chi connectivity index (χ1v) is 4.88. The van der Waals surface area contributed by atoms with Gasteiger partial charge in [0.2, 0.25) is 0 Å². The van der Waals surface area contributed by atoms with Crippen LogP contribution in [0.2, 0.25) is 0 Å². The Morgan fingerprint density at radius 2 is 1.94 bits per heavy atom. The Bertz CT molecular complexity index is 529. The number of carbonyl (C=O) groups excluding carboxylic acids is 1. The van der Waals surface area contributed by atoms with E-state index in [-0.39, 0.29) is 5.82 Å². The molecule has 0 unspecified atom stereocenters.